The van der Waals surface area contributed by atoms with Crippen LogP contribution < -0.4 is 19.5 Å². The number of nitrogens with one attached hydrogen (secondary N) is 1. The van der Waals surface area contributed by atoms with Crippen molar-refractivity contribution in [2.75, 3.05) is 61.1 Å². The molecule has 30 heavy (non-hydrogen) atoms. The minimum Gasteiger partial charge on any atom is -0.493 e. The number of aromatic nitrogens is 2. The predicted molar refractivity (Wildman–Crippen MR) is 117 cm³/mol. The largest absolute Gasteiger partial charge is 0.493 e. The maximum absolute atomic E-state index is 5.47. The number of rotatable bonds is 8. The molecule has 0 atom stereocenters. The van der Waals surface area contributed by atoms with Crippen molar-refractivity contribution in [3.05, 3.63) is 36.4 Å². The fourth-order valence-electron chi connectivity index (χ4n) is 3.65. The summed E-state index contributed by atoms with van der Waals surface area (Å²) in [5, 5.41) is 3.45. The molecule has 0 amide bonds. The first kappa shape index (κ1) is 21.8. The number of aliphatic imine (C=N–C) groups is 1. The van der Waals surface area contributed by atoms with Crippen molar-refractivity contribution in [1.29, 1.82) is 0 Å². The third-order valence-electron chi connectivity index (χ3n) is 5.23. The van der Waals surface area contributed by atoms with Gasteiger partial charge < -0.3 is 29.0 Å². The summed E-state index contributed by atoms with van der Waals surface area (Å²) in [7, 11) is 6.74. The molecule has 0 spiro atoms. The van der Waals surface area contributed by atoms with Crippen LogP contribution in [0.15, 0.2) is 35.8 Å². The van der Waals surface area contributed by atoms with Gasteiger partial charge in [0, 0.05) is 65.3 Å². The number of hydrogen-bond donors (Lipinski definition) is 1. The van der Waals surface area contributed by atoms with Crippen LogP contribution in [-0.4, -0.2) is 86.4 Å². The van der Waals surface area contributed by atoms with Crippen molar-refractivity contribution >= 4 is 5.96 Å². The standard InChI is InChI=1S/C21H32N6O3/c1-22-21(24-6-8-26-7-5-23-16-26)27-11-9-25(10-12-27)15-17-13-18(28-2)20(30-4)19(14-17)29-3/h5,7,13-14,16H,6,8-12,15H2,1-4H3,(H,22,24). The van der Waals surface area contributed by atoms with Crippen LogP contribution in [0, 0.1) is 0 Å². The van der Waals surface area contributed by atoms with E-state index in [2.05, 4.69) is 29.7 Å². The van der Waals surface area contributed by atoms with Gasteiger partial charge in [0.2, 0.25) is 5.75 Å². The predicted octanol–water partition coefficient (Wildman–Crippen LogP) is 1.30. The number of nitrogens with zero attached hydrogens (tertiary/aromatic N) is 5. The molecule has 1 N–H and O–H groups in total. The van der Waals surface area contributed by atoms with Crippen molar-refractivity contribution in [2.45, 2.75) is 13.1 Å². The maximum atomic E-state index is 5.47. The Morgan fingerprint density at radius 1 is 1.07 bits per heavy atom. The zero-order chi connectivity index (χ0) is 21.3. The number of imidazole rings is 1. The van der Waals surface area contributed by atoms with Crippen LogP contribution in [0.4, 0.5) is 0 Å². The molecule has 1 aromatic heterocycles. The maximum Gasteiger partial charge on any atom is 0.203 e. The fraction of sp³-hybridized carbons (Fsp3) is 0.524. The van der Waals surface area contributed by atoms with Gasteiger partial charge in [-0.1, -0.05) is 0 Å². The van der Waals surface area contributed by atoms with Crippen LogP contribution in [0.3, 0.4) is 0 Å². The van der Waals surface area contributed by atoms with Crippen molar-refractivity contribution in [3.8, 4) is 17.2 Å². The second-order valence-corrected chi connectivity index (χ2v) is 7.07. The van der Waals surface area contributed by atoms with Gasteiger partial charge in [0.1, 0.15) is 0 Å². The Kier molecular flexibility index (Phi) is 7.78. The highest BCUT2D eigenvalue weighted by molar-refractivity contribution is 5.79. The van der Waals surface area contributed by atoms with E-state index in [1.165, 1.54) is 0 Å². The fourth-order valence-corrected chi connectivity index (χ4v) is 3.65. The Labute approximate surface area is 178 Å². The summed E-state index contributed by atoms with van der Waals surface area (Å²) >= 11 is 0. The number of methoxy groups -OCH3 is 3. The van der Waals surface area contributed by atoms with Crippen LogP contribution in [-0.2, 0) is 13.1 Å². The first-order valence-corrected chi connectivity index (χ1v) is 10.1. The molecule has 2 aromatic rings. The first-order valence-electron chi connectivity index (χ1n) is 10.1. The summed E-state index contributed by atoms with van der Waals surface area (Å²) in [5.74, 6) is 2.95. The van der Waals surface area contributed by atoms with Gasteiger partial charge in [-0.2, -0.15) is 0 Å². The molecule has 164 valence electrons. The minimum absolute atomic E-state index is 0.624. The van der Waals surface area contributed by atoms with Crippen molar-refractivity contribution < 1.29 is 14.2 Å². The minimum atomic E-state index is 0.624. The number of ether oxygens (including phenoxy) is 3. The van der Waals surface area contributed by atoms with Gasteiger partial charge in [-0.25, -0.2) is 4.98 Å². The highest BCUT2D eigenvalue weighted by atomic mass is 16.5. The molecular formula is C21H32N6O3. The zero-order valence-corrected chi connectivity index (χ0v) is 18.3. The molecule has 0 saturated carbocycles. The molecule has 3 rings (SSSR count). The molecule has 1 aromatic carbocycles. The Morgan fingerprint density at radius 3 is 2.30 bits per heavy atom. The molecule has 9 nitrogen and oxygen atoms in total. The number of benzene rings is 1. The highest BCUT2D eigenvalue weighted by Crippen LogP contribution is 2.38. The SMILES string of the molecule is CN=C(NCCn1ccnc1)N1CCN(Cc2cc(OC)c(OC)c(OC)c2)CC1. The van der Waals surface area contributed by atoms with Crippen molar-refractivity contribution in [1.82, 2.24) is 24.7 Å². The molecule has 1 aliphatic heterocycles. The van der Waals surface area contributed by atoms with Crippen LogP contribution in [0.1, 0.15) is 5.56 Å². The number of guanidine groups is 1. The molecule has 0 radical (unpaired) electrons. The molecule has 0 unspecified atom stereocenters. The summed E-state index contributed by atoms with van der Waals surface area (Å²) in [4.78, 5) is 13.2. The van der Waals surface area contributed by atoms with Gasteiger partial charge in [0.25, 0.3) is 0 Å². The van der Waals surface area contributed by atoms with Gasteiger partial charge >= 0.3 is 0 Å². The van der Waals surface area contributed by atoms with E-state index in [1.54, 1.807) is 27.5 Å². The van der Waals surface area contributed by atoms with Crippen molar-refractivity contribution in [2.24, 2.45) is 4.99 Å². The summed E-state index contributed by atoms with van der Waals surface area (Å²) in [5.41, 5.74) is 1.14. The van der Waals surface area contributed by atoms with Gasteiger partial charge in [-0.05, 0) is 17.7 Å². The van der Waals surface area contributed by atoms with Gasteiger partial charge in [0.05, 0.1) is 27.7 Å². The summed E-state index contributed by atoms with van der Waals surface area (Å²) in [6.07, 6.45) is 5.58. The highest BCUT2D eigenvalue weighted by Gasteiger charge is 2.21. The van der Waals surface area contributed by atoms with E-state index >= 15 is 0 Å². The quantitative estimate of drug-likeness (QED) is 0.513. The third kappa shape index (κ3) is 5.35. The molecule has 1 fully saturated rings. The normalized spacial score (nSPS) is 15.2. The molecule has 0 aliphatic carbocycles. The number of hydrogen-bond acceptors (Lipinski definition) is 6. The average molecular weight is 417 g/mol. The second kappa shape index (κ2) is 10.7. The van der Waals surface area contributed by atoms with Crippen LogP contribution >= 0.6 is 0 Å². The molecule has 0 bridgehead atoms. The van der Waals surface area contributed by atoms with E-state index in [4.69, 9.17) is 14.2 Å². The van der Waals surface area contributed by atoms with E-state index in [-0.39, 0.29) is 0 Å². The lowest BCUT2D eigenvalue weighted by Crippen LogP contribution is -2.52. The monoisotopic (exact) mass is 416 g/mol. The summed E-state index contributed by atoms with van der Waals surface area (Å²) in [6.45, 7) is 6.27. The van der Waals surface area contributed by atoms with Gasteiger partial charge in [-0.3, -0.25) is 9.89 Å². The zero-order valence-electron chi connectivity index (χ0n) is 18.3. The molecule has 2 heterocycles. The Hall–Kier alpha value is -2.94. The molecule has 9 heteroatoms. The topological polar surface area (TPSA) is 76.4 Å². The van der Waals surface area contributed by atoms with Crippen LogP contribution in [0.2, 0.25) is 0 Å². The van der Waals surface area contributed by atoms with E-state index in [9.17, 15) is 0 Å². The van der Waals surface area contributed by atoms with E-state index < -0.39 is 0 Å². The Balaban J connectivity index is 1.52. The molecule has 1 aliphatic rings. The van der Waals surface area contributed by atoms with Gasteiger partial charge in [0.15, 0.2) is 17.5 Å². The summed E-state index contributed by atoms with van der Waals surface area (Å²) < 4.78 is 18.4. The van der Waals surface area contributed by atoms with E-state index in [0.717, 1.165) is 57.3 Å². The van der Waals surface area contributed by atoms with E-state index in [0.29, 0.717) is 17.2 Å². The third-order valence-corrected chi connectivity index (χ3v) is 5.23. The lowest BCUT2D eigenvalue weighted by Gasteiger charge is -2.36. The summed E-state index contributed by atoms with van der Waals surface area (Å²) in [6, 6.07) is 4.04. The Morgan fingerprint density at radius 2 is 1.77 bits per heavy atom. The van der Waals surface area contributed by atoms with E-state index in [1.807, 2.05) is 31.7 Å². The second-order valence-electron chi connectivity index (χ2n) is 7.07. The lowest BCUT2D eigenvalue weighted by molar-refractivity contribution is 0.172. The average Bonchev–Trinajstić information content (AvgIpc) is 3.30. The number of piperazine rings is 1. The van der Waals surface area contributed by atoms with Crippen LogP contribution in [0.5, 0.6) is 17.2 Å². The van der Waals surface area contributed by atoms with Crippen LogP contribution in [0.25, 0.3) is 0 Å². The Bertz CT molecular complexity index is 791. The lowest BCUT2D eigenvalue weighted by atomic mass is 10.1. The first-order chi connectivity index (χ1) is 14.7. The smallest absolute Gasteiger partial charge is 0.203 e. The van der Waals surface area contributed by atoms with Gasteiger partial charge in [-0.15, -0.1) is 0 Å². The molecular weight excluding hydrogens is 384 g/mol. The molecule has 1 saturated heterocycles. The van der Waals surface area contributed by atoms with Crippen molar-refractivity contribution in [3.63, 3.8) is 0 Å².